The number of nitrogens with one attached hydrogen (secondary N) is 1. The number of amides is 1. The Hall–Kier alpha value is -5.21. The van der Waals surface area contributed by atoms with Crippen molar-refractivity contribution in [2.45, 2.75) is 63.0 Å². The number of fused-ring (bicyclic) bond motifs is 2. The molecule has 0 aromatic heterocycles. The lowest BCUT2D eigenvalue weighted by Gasteiger charge is -2.28. The molecule has 8 nitrogen and oxygen atoms in total. The largest absolute Gasteiger partial charge is 0.465 e. The molecule has 2 aliphatic rings. The third kappa shape index (κ3) is 10.3. The van der Waals surface area contributed by atoms with Gasteiger partial charge in [-0.25, -0.2) is 4.79 Å². The molecule has 6 rings (SSSR count). The van der Waals surface area contributed by atoms with E-state index in [1.54, 1.807) is 26.0 Å². The second-order valence-electron chi connectivity index (χ2n) is 12.7. The summed E-state index contributed by atoms with van der Waals surface area (Å²) >= 11 is 4.98. The first-order valence-electron chi connectivity index (χ1n) is 17.0. The monoisotopic (exact) mass is 790 g/mol. The van der Waals surface area contributed by atoms with Crippen LogP contribution in [-0.4, -0.2) is 47.4 Å². The van der Waals surface area contributed by atoms with Crippen LogP contribution in [0.15, 0.2) is 97.1 Å². The highest BCUT2D eigenvalue weighted by molar-refractivity contribution is 6.67. The minimum Gasteiger partial charge on any atom is -0.465 e. The van der Waals surface area contributed by atoms with Crippen LogP contribution < -0.4 is 11.1 Å². The Morgan fingerprint density at radius 2 is 0.982 bits per heavy atom. The lowest BCUT2D eigenvalue weighted by molar-refractivity contribution is -0.150. The Kier molecular flexibility index (Phi) is 13.5. The van der Waals surface area contributed by atoms with Gasteiger partial charge in [0.25, 0.3) is 11.1 Å². The van der Waals surface area contributed by atoms with E-state index in [-0.39, 0.29) is 25.4 Å². The number of nitrogens with two attached hydrogens (primary N) is 1. The highest BCUT2D eigenvalue weighted by Crippen LogP contribution is 2.35. The fourth-order valence-corrected chi connectivity index (χ4v) is 6.51. The van der Waals surface area contributed by atoms with Crippen molar-refractivity contribution in [1.82, 2.24) is 5.32 Å². The fraction of sp³-hybridized carbons (Fsp3) is 0.300. The third-order valence-electron chi connectivity index (χ3n) is 8.86. The average molecular weight is 791 g/mol. The number of benzene rings is 4. The van der Waals surface area contributed by atoms with E-state index in [2.05, 4.69) is 5.32 Å². The lowest BCUT2D eigenvalue weighted by Crippen LogP contribution is -2.56. The van der Waals surface area contributed by atoms with Gasteiger partial charge in [0.1, 0.15) is 11.1 Å². The molecule has 55 heavy (non-hydrogen) atoms. The number of hydrogen-bond donors (Lipinski definition) is 2. The zero-order valence-electron chi connectivity index (χ0n) is 29.7. The average Bonchev–Trinajstić information content (AvgIpc) is 3.70. The molecule has 4 aromatic carbocycles. The number of hydrogen-bond acceptors (Lipinski definition) is 7. The Morgan fingerprint density at radius 3 is 1.38 bits per heavy atom. The van der Waals surface area contributed by atoms with Gasteiger partial charge in [0.2, 0.25) is 0 Å². The third-order valence-corrected chi connectivity index (χ3v) is 9.06. The Bertz CT molecular complexity index is 1980. The van der Waals surface area contributed by atoms with Crippen molar-refractivity contribution in [3.05, 3.63) is 142 Å². The molecule has 0 unspecified atom stereocenters. The number of carbonyl (C=O) groups excluding carboxylic acids is 4. The van der Waals surface area contributed by atoms with E-state index < -0.39 is 62.8 Å². The van der Waals surface area contributed by atoms with Gasteiger partial charge >= 0.3 is 24.3 Å². The molecular weight excluding hydrogens is 754 g/mol. The molecule has 0 aliphatic heterocycles. The standard InChI is InChI=1S/C20H18F3NO3.C12H15NO2.C8H4ClF3O/c1-2-27-18(26)19(11-13-7-3-4-8-14(13)12-19)24-17(25)15-9-5-6-10-16(15)20(21,22)23;1-2-15-11(14)12(13)7-9-5-3-4-6-10(9)8-12;9-7(13)5-3-1-2-4-6(5)8(10,11)12/h3-10H,2,11-12H2,1H3,(H,24,25);3-6H,2,7-8,13H2,1H3;1-4H. The van der Waals surface area contributed by atoms with Gasteiger partial charge in [0.05, 0.1) is 29.9 Å². The smallest absolute Gasteiger partial charge is 0.417 e. The topological polar surface area (TPSA) is 125 Å². The molecule has 0 radical (unpaired) electrons. The van der Waals surface area contributed by atoms with Crippen LogP contribution >= 0.6 is 11.6 Å². The number of alkyl halides is 6. The SMILES string of the molecule is CCOC(=O)C1(N)Cc2ccccc2C1.CCOC(=O)C1(NC(=O)c2ccccc2C(F)(F)F)Cc2ccccc2C1.O=C(Cl)c1ccccc1C(F)(F)F. The molecule has 4 aromatic rings. The van der Waals surface area contributed by atoms with E-state index in [1.807, 2.05) is 36.4 Å². The molecule has 0 saturated heterocycles. The van der Waals surface area contributed by atoms with Crippen LogP contribution in [0.1, 0.15) is 67.9 Å². The molecule has 0 bridgehead atoms. The first-order valence-corrected chi connectivity index (χ1v) is 17.3. The van der Waals surface area contributed by atoms with Crippen molar-refractivity contribution < 1.29 is 55.0 Å². The van der Waals surface area contributed by atoms with Crippen molar-refractivity contribution in [3.63, 3.8) is 0 Å². The first kappa shape index (κ1) is 42.5. The van der Waals surface area contributed by atoms with Gasteiger partial charge in [0, 0.05) is 31.2 Å². The fourth-order valence-electron chi connectivity index (χ4n) is 6.35. The maximum atomic E-state index is 13.2. The highest BCUT2D eigenvalue weighted by Gasteiger charge is 2.47. The molecule has 3 N–H and O–H groups in total. The summed E-state index contributed by atoms with van der Waals surface area (Å²) < 4.78 is 86.4. The minimum atomic E-state index is -4.68. The van der Waals surface area contributed by atoms with Gasteiger partial charge in [-0.3, -0.25) is 14.4 Å². The number of carbonyl (C=O) groups is 4. The Labute approximate surface area is 318 Å². The lowest BCUT2D eigenvalue weighted by atomic mass is 9.94. The molecule has 15 heteroatoms. The first-order chi connectivity index (χ1) is 25.8. The molecule has 0 spiro atoms. The van der Waals surface area contributed by atoms with Crippen LogP contribution in [0.3, 0.4) is 0 Å². The van der Waals surface area contributed by atoms with Gasteiger partial charge in [0.15, 0.2) is 0 Å². The highest BCUT2D eigenvalue weighted by atomic mass is 35.5. The quantitative estimate of drug-likeness (QED) is 0.112. The van der Waals surface area contributed by atoms with Crippen LogP contribution in [0, 0.1) is 0 Å². The molecule has 0 saturated carbocycles. The summed E-state index contributed by atoms with van der Waals surface area (Å²) in [6.45, 7) is 3.91. The van der Waals surface area contributed by atoms with E-state index in [1.165, 1.54) is 24.3 Å². The maximum absolute atomic E-state index is 13.2. The molecule has 1 amide bonds. The molecule has 0 heterocycles. The van der Waals surface area contributed by atoms with E-state index in [0.29, 0.717) is 19.4 Å². The molecule has 2 aliphatic carbocycles. The zero-order chi connectivity index (χ0) is 40.6. The number of ether oxygens (including phenoxy) is 2. The predicted octanol–water partition coefficient (Wildman–Crippen LogP) is 7.67. The van der Waals surface area contributed by atoms with Crippen LogP contribution in [0.4, 0.5) is 26.3 Å². The van der Waals surface area contributed by atoms with E-state index in [0.717, 1.165) is 46.5 Å². The molecule has 0 atom stereocenters. The van der Waals surface area contributed by atoms with E-state index in [4.69, 9.17) is 26.8 Å². The van der Waals surface area contributed by atoms with Crippen molar-refractivity contribution in [3.8, 4) is 0 Å². The van der Waals surface area contributed by atoms with Crippen LogP contribution in [0.25, 0.3) is 0 Å². The van der Waals surface area contributed by atoms with Crippen molar-refractivity contribution in [1.29, 1.82) is 0 Å². The maximum Gasteiger partial charge on any atom is 0.417 e. The summed E-state index contributed by atoms with van der Waals surface area (Å²) in [4.78, 5) is 47.6. The van der Waals surface area contributed by atoms with Crippen molar-refractivity contribution >= 4 is 34.7 Å². The molecule has 0 fully saturated rings. The molecular formula is C40H37ClF6N2O6. The van der Waals surface area contributed by atoms with Gasteiger partial charge in [-0.05, 0) is 72.0 Å². The van der Waals surface area contributed by atoms with E-state index in [9.17, 15) is 45.5 Å². The number of esters is 2. The number of halogens is 7. The second kappa shape index (κ2) is 17.5. The second-order valence-corrected chi connectivity index (χ2v) is 13.1. The normalized spacial score (nSPS) is 14.8. The zero-order valence-corrected chi connectivity index (χ0v) is 30.4. The molecule has 292 valence electrons. The summed E-state index contributed by atoms with van der Waals surface area (Å²) in [5.41, 5.74) is 4.74. The van der Waals surface area contributed by atoms with Crippen molar-refractivity contribution in [2.24, 2.45) is 5.73 Å². The summed E-state index contributed by atoms with van der Waals surface area (Å²) in [5.74, 6) is -1.90. The van der Waals surface area contributed by atoms with Crippen LogP contribution in [-0.2, 0) is 57.1 Å². The van der Waals surface area contributed by atoms with Gasteiger partial charge in [-0.15, -0.1) is 0 Å². The Balaban J connectivity index is 0.000000202. The van der Waals surface area contributed by atoms with Crippen LogP contribution in [0.5, 0.6) is 0 Å². The summed E-state index contributed by atoms with van der Waals surface area (Å²) in [6.07, 6.45) is -7.71. The summed E-state index contributed by atoms with van der Waals surface area (Å²) in [5, 5.41) is 1.44. The number of rotatable bonds is 7. The van der Waals surface area contributed by atoms with Crippen molar-refractivity contribution in [2.75, 3.05) is 13.2 Å². The predicted molar refractivity (Wildman–Crippen MR) is 191 cm³/mol. The van der Waals surface area contributed by atoms with Gasteiger partial charge < -0.3 is 20.5 Å². The van der Waals surface area contributed by atoms with Gasteiger partial charge in [-0.2, -0.15) is 26.3 Å². The van der Waals surface area contributed by atoms with Gasteiger partial charge in [-0.1, -0.05) is 72.8 Å². The van der Waals surface area contributed by atoms with E-state index >= 15 is 0 Å². The summed E-state index contributed by atoms with van der Waals surface area (Å²) in [6, 6.07) is 24.1. The summed E-state index contributed by atoms with van der Waals surface area (Å²) in [7, 11) is 0. The van der Waals surface area contributed by atoms with Crippen LogP contribution in [0.2, 0.25) is 0 Å². The minimum absolute atomic E-state index is 0.103. The Morgan fingerprint density at radius 1 is 0.618 bits per heavy atom.